The number of amides is 2. The number of carbonyl (C=O) groups is 1. The highest BCUT2D eigenvalue weighted by Gasteiger charge is 2.16. The first kappa shape index (κ1) is 13.9. The van der Waals surface area contributed by atoms with Gasteiger partial charge < -0.3 is 10.2 Å². The molecule has 0 bridgehead atoms. The zero-order valence-corrected chi connectivity index (χ0v) is 11.4. The molecule has 0 saturated carbocycles. The van der Waals surface area contributed by atoms with Crippen molar-refractivity contribution in [2.45, 2.75) is 20.8 Å². The van der Waals surface area contributed by atoms with Gasteiger partial charge in [-0.2, -0.15) is 0 Å². The fourth-order valence-electron chi connectivity index (χ4n) is 1.45. The van der Waals surface area contributed by atoms with E-state index in [-0.39, 0.29) is 6.03 Å². The summed E-state index contributed by atoms with van der Waals surface area (Å²) in [6.07, 6.45) is 0. The lowest BCUT2D eigenvalue weighted by Crippen LogP contribution is -2.48. The Kier molecular flexibility index (Phi) is 5.93. The second kappa shape index (κ2) is 7.24. The van der Waals surface area contributed by atoms with Gasteiger partial charge in [0, 0.05) is 31.6 Å². The molecule has 2 rings (SSSR count). The molecule has 1 aliphatic rings. The van der Waals surface area contributed by atoms with E-state index >= 15 is 0 Å². The Morgan fingerprint density at radius 2 is 2.12 bits per heavy atom. The van der Waals surface area contributed by atoms with Crippen LogP contribution in [0.2, 0.25) is 0 Å². The highest BCUT2D eigenvalue weighted by molar-refractivity contribution is 7.13. The van der Waals surface area contributed by atoms with Crippen LogP contribution in [-0.2, 0) is 0 Å². The smallest absolute Gasteiger partial charge is 0.322 e. The molecule has 0 unspecified atom stereocenters. The predicted octanol–water partition coefficient (Wildman–Crippen LogP) is 1.91. The van der Waals surface area contributed by atoms with Crippen LogP contribution in [0.15, 0.2) is 5.38 Å². The molecule has 6 heteroatoms. The van der Waals surface area contributed by atoms with E-state index in [2.05, 4.69) is 15.6 Å². The lowest BCUT2D eigenvalue weighted by molar-refractivity contribution is 0.204. The molecule has 0 radical (unpaired) electrons. The number of urea groups is 1. The van der Waals surface area contributed by atoms with Crippen LogP contribution >= 0.6 is 11.3 Å². The molecule has 2 amide bonds. The van der Waals surface area contributed by atoms with E-state index in [9.17, 15) is 4.79 Å². The van der Waals surface area contributed by atoms with Gasteiger partial charge in [0.15, 0.2) is 5.13 Å². The molecule has 0 aromatic carbocycles. The lowest BCUT2D eigenvalue weighted by Gasteiger charge is -2.26. The Morgan fingerprint density at radius 3 is 2.65 bits per heavy atom. The average molecular weight is 256 g/mol. The first-order valence-electron chi connectivity index (χ1n) is 5.94. The van der Waals surface area contributed by atoms with Crippen molar-refractivity contribution in [1.82, 2.24) is 15.2 Å². The highest BCUT2D eigenvalue weighted by atomic mass is 32.1. The Hall–Kier alpha value is -1.14. The molecule has 5 nitrogen and oxygen atoms in total. The number of aromatic nitrogens is 1. The van der Waals surface area contributed by atoms with Gasteiger partial charge in [-0.1, -0.05) is 13.8 Å². The van der Waals surface area contributed by atoms with E-state index < -0.39 is 0 Å². The van der Waals surface area contributed by atoms with Gasteiger partial charge >= 0.3 is 6.03 Å². The zero-order valence-electron chi connectivity index (χ0n) is 10.6. The molecule has 17 heavy (non-hydrogen) atoms. The Morgan fingerprint density at radius 1 is 1.47 bits per heavy atom. The van der Waals surface area contributed by atoms with Gasteiger partial charge in [-0.25, -0.2) is 9.78 Å². The van der Waals surface area contributed by atoms with Crippen molar-refractivity contribution in [3.63, 3.8) is 0 Å². The molecule has 0 aliphatic carbocycles. The Balaban J connectivity index is 0.000000686. The summed E-state index contributed by atoms with van der Waals surface area (Å²) in [6.45, 7) is 9.16. The number of nitrogens with one attached hydrogen (secondary N) is 2. The third kappa shape index (κ3) is 4.32. The van der Waals surface area contributed by atoms with Gasteiger partial charge in [0.2, 0.25) is 0 Å². The maximum absolute atomic E-state index is 11.7. The van der Waals surface area contributed by atoms with Crippen LogP contribution in [0.3, 0.4) is 0 Å². The summed E-state index contributed by atoms with van der Waals surface area (Å²) in [6, 6.07) is -0.0501. The van der Waals surface area contributed by atoms with E-state index in [1.54, 1.807) is 4.90 Å². The topological polar surface area (TPSA) is 57.3 Å². The normalized spacial score (nSPS) is 14.9. The van der Waals surface area contributed by atoms with E-state index in [1.807, 2.05) is 26.2 Å². The van der Waals surface area contributed by atoms with Gasteiger partial charge in [-0.3, -0.25) is 5.32 Å². The minimum absolute atomic E-state index is 0.0501. The SMILES string of the molecule is CC.Cc1csc(NC(=O)N2CCNCC2)n1. The predicted molar refractivity (Wildman–Crippen MR) is 71.7 cm³/mol. The molecule has 1 fully saturated rings. The monoisotopic (exact) mass is 256 g/mol. The fraction of sp³-hybridized carbons (Fsp3) is 0.636. The van der Waals surface area contributed by atoms with Crippen LogP contribution in [0.4, 0.5) is 9.93 Å². The Bertz CT molecular complexity index is 347. The van der Waals surface area contributed by atoms with Crippen molar-refractivity contribution in [3.8, 4) is 0 Å². The number of hydrogen-bond donors (Lipinski definition) is 2. The molecule has 2 N–H and O–H groups in total. The first-order chi connectivity index (χ1) is 8.25. The third-order valence-corrected chi connectivity index (χ3v) is 3.11. The molecule has 0 atom stereocenters. The van der Waals surface area contributed by atoms with E-state index in [4.69, 9.17) is 0 Å². The summed E-state index contributed by atoms with van der Waals surface area (Å²) in [7, 11) is 0. The van der Waals surface area contributed by atoms with E-state index in [0.29, 0.717) is 5.13 Å². The summed E-state index contributed by atoms with van der Waals surface area (Å²) < 4.78 is 0. The second-order valence-electron chi connectivity index (χ2n) is 3.46. The molecule has 1 saturated heterocycles. The van der Waals surface area contributed by atoms with Crippen LogP contribution in [0.1, 0.15) is 19.5 Å². The summed E-state index contributed by atoms with van der Waals surface area (Å²) in [5.41, 5.74) is 0.940. The summed E-state index contributed by atoms with van der Waals surface area (Å²) in [5, 5.41) is 8.60. The van der Waals surface area contributed by atoms with Crippen LogP contribution in [0.5, 0.6) is 0 Å². The molecule has 2 heterocycles. The van der Waals surface area contributed by atoms with Gasteiger partial charge in [-0.15, -0.1) is 11.3 Å². The number of aryl methyl sites for hydroxylation is 1. The Labute approximate surface area is 106 Å². The number of anilines is 1. The van der Waals surface area contributed by atoms with Crippen LogP contribution in [0, 0.1) is 6.92 Å². The molecule has 1 aromatic heterocycles. The second-order valence-corrected chi connectivity index (χ2v) is 4.32. The van der Waals surface area contributed by atoms with Crippen LogP contribution in [0.25, 0.3) is 0 Å². The summed E-state index contributed by atoms with van der Waals surface area (Å²) in [5.74, 6) is 0. The minimum atomic E-state index is -0.0501. The van der Waals surface area contributed by atoms with Crippen molar-refractivity contribution in [2.75, 3.05) is 31.5 Å². The number of rotatable bonds is 1. The molecule has 1 aromatic rings. The standard InChI is InChI=1S/C9H14N4OS.C2H6/c1-7-6-15-8(11-7)12-9(14)13-4-2-10-3-5-13;1-2/h6,10H,2-5H2,1H3,(H,11,12,14);1-2H3. The van der Waals surface area contributed by atoms with Gasteiger partial charge in [0.05, 0.1) is 5.69 Å². The van der Waals surface area contributed by atoms with E-state index in [1.165, 1.54) is 11.3 Å². The number of thiazole rings is 1. The van der Waals surface area contributed by atoms with Crippen molar-refractivity contribution in [3.05, 3.63) is 11.1 Å². The first-order valence-corrected chi connectivity index (χ1v) is 6.82. The molecular formula is C11H20N4OS. The summed E-state index contributed by atoms with van der Waals surface area (Å²) in [4.78, 5) is 17.7. The van der Waals surface area contributed by atoms with Crippen LogP contribution < -0.4 is 10.6 Å². The molecular weight excluding hydrogens is 236 g/mol. The maximum Gasteiger partial charge on any atom is 0.323 e. The zero-order chi connectivity index (χ0) is 12.7. The largest absolute Gasteiger partial charge is 0.323 e. The lowest BCUT2D eigenvalue weighted by atomic mass is 10.4. The summed E-state index contributed by atoms with van der Waals surface area (Å²) >= 11 is 1.46. The number of hydrogen-bond acceptors (Lipinski definition) is 4. The van der Waals surface area contributed by atoms with Gasteiger partial charge in [0.25, 0.3) is 0 Å². The molecule has 96 valence electrons. The van der Waals surface area contributed by atoms with Crippen molar-refractivity contribution in [1.29, 1.82) is 0 Å². The van der Waals surface area contributed by atoms with E-state index in [0.717, 1.165) is 31.9 Å². The number of piperazine rings is 1. The van der Waals surface area contributed by atoms with Gasteiger partial charge in [-0.05, 0) is 6.92 Å². The maximum atomic E-state index is 11.7. The molecule has 1 aliphatic heterocycles. The minimum Gasteiger partial charge on any atom is -0.322 e. The quantitative estimate of drug-likeness (QED) is 0.807. The fourth-order valence-corrected chi connectivity index (χ4v) is 2.13. The van der Waals surface area contributed by atoms with Crippen LogP contribution in [-0.4, -0.2) is 42.1 Å². The van der Waals surface area contributed by atoms with Crippen molar-refractivity contribution >= 4 is 22.5 Å². The van der Waals surface area contributed by atoms with Gasteiger partial charge in [0.1, 0.15) is 0 Å². The number of carbonyl (C=O) groups excluding carboxylic acids is 1. The average Bonchev–Trinajstić information content (AvgIpc) is 2.78. The number of nitrogens with zero attached hydrogens (tertiary/aromatic N) is 2. The highest BCUT2D eigenvalue weighted by Crippen LogP contribution is 2.14. The van der Waals surface area contributed by atoms with Crippen molar-refractivity contribution < 1.29 is 4.79 Å². The third-order valence-electron chi connectivity index (χ3n) is 2.24. The molecule has 0 spiro atoms. The van der Waals surface area contributed by atoms with Crippen molar-refractivity contribution in [2.24, 2.45) is 0 Å².